The summed E-state index contributed by atoms with van der Waals surface area (Å²) in [4.78, 5) is 16.4. The van der Waals surface area contributed by atoms with E-state index in [4.69, 9.17) is 0 Å². The van der Waals surface area contributed by atoms with Gasteiger partial charge in [0, 0.05) is 24.0 Å². The molecule has 0 radical (unpaired) electrons. The molecule has 1 amide bonds. The van der Waals surface area contributed by atoms with Crippen molar-refractivity contribution in [1.82, 2.24) is 10.3 Å². The standard InChI is InChI=1S/C18H23N3O/c1-13-7-5-6-8-14(13)12-20-17(22)16-11-15(9-10-19-16)21-18(2,3)4/h5-11H,12H2,1-4H3,(H,19,21)(H,20,22). The van der Waals surface area contributed by atoms with E-state index < -0.39 is 0 Å². The number of pyridine rings is 1. The zero-order valence-electron chi connectivity index (χ0n) is 13.6. The number of benzene rings is 1. The fraction of sp³-hybridized carbons (Fsp3) is 0.333. The summed E-state index contributed by atoms with van der Waals surface area (Å²) in [6.45, 7) is 8.76. The van der Waals surface area contributed by atoms with Crippen molar-refractivity contribution in [2.45, 2.75) is 39.8 Å². The van der Waals surface area contributed by atoms with E-state index in [1.54, 1.807) is 12.3 Å². The van der Waals surface area contributed by atoms with Gasteiger partial charge in [-0.05, 0) is 51.0 Å². The Kier molecular flexibility index (Phi) is 4.81. The second-order valence-corrected chi connectivity index (χ2v) is 6.41. The topological polar surface area (TPSA) is 54.0 Å². The highest BCUT2D eigenvalue weighted by Crippen LogP contribution is 2.15. The maximum Gasteiger partial charge on any atom is 0.270 e. The van der Waals surface area contributed by atoms with E-state index in [1.165, 1.54) is 5.56 Å². The van der Waals surface area contributed by atoms with Gasteiger partial charge in [-0.25, -0.2) is 0 Å². The predicted molar refractivity (Wildman–Crippen MR) is 90.0 cm³/mol. The summed E-state index contributed by atoms with van der Waals surface area (Å²) in [6, 6.07) is 11.7. The first kappa shape index (κ1) is 16.0. The summed E-state index contributed by atoms with van der Waals surface area (Å²) < 4.78 is 0. The number of amides is 1. The maximum absolute atomic E-state index is 12.2. The van der Waals surface area contributed by atoms with Crippen LogP contribution < -0.4 is 10.6 Å². The van der Waals surface area contributed by atoms with E-state index in [2.05, 4.69) is 36.4 Å². The molecule has 0 aliphatic rings. The summed E-state index contributed by atoms with van der Waals surface area (Å²) >= 11 is 0. The molecular formula is C18H23N3O. The molecule has 0 aliphatic carbocycles. The van der Waals surface area contributed by atoms with E-state index in [-0.39, 0.29) is 11.4 Å². The number of carbonyl (C=O) groups excluding carboxylic acids is 1. The van der Waals surface area contributed by atoms with Crippen LogP contribution in [0.3, 0.4) is 0 Å². The van der Waals surface area contributed by atoms with Gasteiger partial charge in [0.05, 0.1) is 0 Å². The highest BCUT2D eigenvalue weighted by molar-refractivity contribution is 5.93. The predicted octanol–water partition coefficient (Wildman–Crippen LogP) is 3.53. The number of rotatable bonds is 4. The molecule has 0 fully saturated rings. The van der Waals surface area contributed by atoms with Gasteiger partial charge < -0.3 is 10.6 Å². The summed E-state index contributed by atoms with van der Waals surface area (Å²) in [5.74, 6) is -0.166. The highest BCUT2D eigenvalue weighted by atomic mass is 16.1. The average Bonchev–Trinajstić information content (AvgIpc) is 2.44. The summed E-state index contributed by atoms with van der Waals surface area (Å²) in [5.41, 5.74) is 3.53. The molecule has 0 saturated heterocycles. The molecule has 2 N–H and O–H groups in total. The quantitative estimate of drug-likeness (QED) is 0.907. The third-order valence-electron chi connectivity index (χ3n) is 3.21. The summed E-state index contributed by atoms with van der Waals surface area (Å²) in [6.07, 6.45) is 1.65. The first-order valence-corrected chi connectivity index (χ1v) is 7.42. The second-order valence-electron chi connectivity index (χ2n) is 6.41. The highest BCUT2D eigenvalue weighted by Gasteiger charge is 2.12. The first-order valence-electron chi connectivity index (χ1n) is 7.42. The van der Waals surface area contributed by atoms with E-state index in [1.807, 2.05) is 37.3 Å². The minimum absolute atomic E-state index is 0.0593. The van der Waals surface area contributed by atoms with Crippen LogP contribution in [0, 0.1) is 6.92 Å². The van der Waals surface area contributed by atoms with Crippen molar-refractivity contribution in [3.05, 3.63) is 59.4 Å². The zero-order valence-corrected chi connectivity index (χ0v) is 13.6. The number of hydrogen-bond donors (Lipinski definition) is 2. The average molecular weight is 297 g/mol. The molecule has 2 aromatic rings. The molecule has 0 spiro atoms. The molecule has 1 aromatic carbocycles. The Morgan fingerprint density at radius 1 is 1.18 bits per heavy atom. The minimum atomic E-state index is -0.166. The Morgan fingerprint density at radius 2 is 1.91 bits per heavy atom. The fourth-order valence-electron chi connectivity index (χ4n) is 2.14. The molecule has 0 bridgehead atoms. The van der Waals surface area contributed by atoms with Crippen molar-refractivity contribution >= 4 is 11.6 Å². The Labute approximate surface area is 132 Å². The molecule has 0 saturated carbocycles. The summed E-state index contributed by atoms with van der Waals surface area (Å²) in [7, 11) is 0. The van der Waals surface area contributed by atoms with Gasteiger partial charge in [0.1, 0.15) is 5.69 Å². The number of nitrogens with zero attached hydrogens (tertiary/aromatic N) is 1. The maximum atomic E-state index is 12.2. The second kappa shape index (κ2) is 6.60. The van der Waals surface area contributed by atoms with E-state index in [9.17, 15) is 4.79 Å². The number of hydrogen-bond acceptors (Lipinski definition) is 3. The first-order chi connectivity index (χ1) is 10.3. The van der Waals surface area contributed by atoms with Crippen LogP contribution in [0.15, 0.2) is 42.6 Å². The van der Waals surface area contributed by atoms with Crippen molar-refractivity contribution in [2.75, 3.05) is 5.32 Å². The van der Waals surface area contributed by atoms with Crippen molar-refractivity contribution in [3.8, 4) is 0 Å². The van der Waals surface area contributed by atoms with E-state index in [0.717, 1.165) is 11.3 Å². The number of aromatic nitrogens is 1. The fourth-order valence-corrected chi connectivity index (χ4v) is 2.14. The van der Waals surface area contributed by atoms with Crippen LogP contribution in [-0.4, -0.2) is 16.4 Å². The van der Waals surface area contributed by atoms with Gasteiger partial charge in [-0.3, -0.25) is 9.78 Å². The molecular weight excluding hydrogens is 274 g/mol. The zero-order chi connectivity index (χ0) is 16.2. The molecule has 1 heterocycles. The largest absolute Gasteiger partial charge is 0.380 e. The van der Waals surface area contributed by atoms with Crippen LogP contribution in [0.4, 0.5) is 5.69 Å². The van der Waals surface area contributed by atoms with Crippen LogP contribution in [0.5, 0.6) is 0 Å². The lowest BCUT2D eigenvalue weighted by molar-refractivity contribution is 0.0946. The van der Waals surface area contributed by atoms with E-state index in [0.29, 0.717) is 12.2 Å². The Bertz CT molecular complexity index is 659. The lowest BCUT2D eigenvalue weighted by Gasteiger charge is -2.22. The SMILES string of the molecule is Cc1ccccc1CNC(=O)c1cc(NC(C)(C)C)ccn1. The van der Waals surface area contributed by atoms with Gasteiger partial charge in [0.15, 0.2) is 0 Å². The lowest BCUT2D eigenvalue weighted by Crippen LogP contribution is -2.27. The number of aryl methyl sites for hydroxylation is 1. The molecule has 0 atom stereocenters. The summed E-state index contributed by atoms with van der Waals surface area (Å²) in [5, 5.41) is 6.26. The molecule has 4 heteroatoms. The van der Waals surface area contributed by atoms with Crippen LogP contribution in [0.1, 0.15) is 42.4 Å². The van der Waals surface area contributed by atoms with Crippen LogP contribution in [0.2, 0.25) is 0 Å². The molecule has 0 unspecified atom stereocenters. The number of carbonyl (C=O) groups is 1. The molecule has 22 heavy (non-hydrogen) atoms. The Morgan fingerprint density at radius 3 is 2.59 bits per heavy atom. The van der Waals surface area contributed by atoms with Crippen molar-refractivity contribution in [2.24, 2.45) is 0 Å². The van der Waals surface area contributed by atoms with Gasteiger partial charge >= 0.3 is 0 Å². The Hall–Kier alpha value is -2.36. The van der Waals surface area contributed by atoms with Crippen LogP contribution in [-0.2, 0) is 6.54 Å². The lowest BCUT2D eigenvalue weighted by atomic mass is 10.1. The van der Waals surface area contributed by atoms with Crippen LogP contribution in [0.25, 0.3) is 0 Å². The third-order valence-corrected chi connectivity index (χ3v) is 3.21. The van der Waals surface area contributed by atoms with Crippen molar-refractivity contribution < 1.29 is 4.79 Å². The molecule has 4 nitrogen and oxygen atoms in total. The minimum Gasteiger partial charge on any atom is -0.380 e. The van der Waals surface area contributed by atoms with Crippen molar-refractivity contribution in [1.29, 1.82) is 0 Å². The van der Waals surface area contributed by atoms with Gasteiger partial charge in [0.2, 0.25) is 0 Å². The number of nitrogens with one attached hydrogen (secondary N) is 2. The van der Waals surface area contributed by atoms with Crippen molar-refractivity contribution in [3.63, 3.8) is 0 Å². The molecule has 116 valence electrons. The normalized spacial score (nSPS) is 11.1. The van der Waals surface area contributed by atoms with E-state index >= 15 is 0 Å². The van der Waals surface area contributed by atoms with Gasteiger partial charge in [-0.15, -0.1) is 0 Å². The van der Waals surface area contributed by atoms with Gasteiger partial charge in [0.25, 0.3) is 5.91 Å². The molecule has 0 aliphatic heterocycles. The van der Waals surface area contributed by atoms with Gasteiger partial charge in [-0.2, -0.15) is 0 Å². The van der Waals surface area contributed by atoms with Gasteiger partial charge in [-0.1, -0.05) is 24.3 Å². The molecule has 1 aromatic heterocycles. The van der Waals surface area contributed by atoms with Crippen LogP contribution >= 0.6 is 0 Å². The number of anilines is 1. The Balaban J connectivity index is 2.04. The monoisotopic (exact) mass is 297 g/mol. The molecule has 2 rings (SSSR count). The smallest absolute Gasteiger partial charge is 0.270 e. The third kappa shape index (κ3) is 4.58.